The number of nitrogens with one attached hydrogen (secondary N) is 1. The first-order chi connectivity index (χ1) is 7.28. The Labute approximate surface area is 89.9 Å². The molecule has 1 aromatic rings. The van der Waals surface area contributed by atoms with E-state index in [0.717, 1.165) is 24.4 Å². The molecule has 0 fully saturated rings. The van der Waals surface area contributed by atoms with Crippen molar-refractivity contribution in [3.63, 3.8) is 0 Å². The predicted molar refractivity (Wildman–Crippen MR) is 59.3 cm³/mol. The van der Waals surface area contributed by atoms with E-state index in [1.807, 2.05) is 17.7 Å². The minimum atomic E-state index is -0.0140. The largest absolute Gasteiger partial charge is 0.493 e. The standard InChI is InChI=1S/C10H18N4O/c1-4-6-8(13-11)10-9(15-3)7-12-14(10)5-2/h4,7-8,13H,1,5-6,11H2,2-3H3. The van der Waals surface area contributed by atoms with Crippen molar-refractivity contribution < 1.29 is 4.74 Å². The van der Waals surface area contributed by atoms with Crippen molar-refractivity contribution in [2.45, 2.75) is 25.9 Å². The van der Waals surface area contributed by atoms with E-state index in [-0.39, 0.29) is 6.04 Å². The number of nitrogens with zero attached hydrogens (tertiary/aromatic N) is 2. The highest BCUT2D eigenvalue weighted by Crippen LogP contribution is 2.26. The second kappa shape index (κ2) is 5.53. The number of nitrogens with two attached hydrogens (primary N) is 1. The summed E-state index contributed by atoms with van der Waals surface area (Å²) < 4.78 is 7.11. The number of methoxy groups -OCH3 is 1. The molecular weight excluding hydrogens is 192 g/mol. The third-order valence-corrected chi connectivity index (χ3v) is 2.30. The Morgan fingerprint density at radius 3 is 3.00 bits per heavy atom. The first-order valence-electron chi connectivity index (χ1n) is 4.95. The molecule has 0 amide bonds. The summed E-state index contributed by atoms with van der Waals surface area (Å²) in [4.78, 5) is 0. The maximum Gasteiger partial charge on any atom is 0.161 e. The smallest absolute Gasteiger partial charge is 0.161 e. The highest BCUT2D eigenvalue weighted by atomic mass is 16.5. The average molecular weight is 210 g/mol. The molecule has 1 unspecified atom stereocenters. The van der Waals surface area contributed by atoms with Crippen molar-refractivity contribution in [2.75, 3.05) is 7.11 Å². The van der Waals surface area contributed by atoms with E-state index in [4.69, 9.17) is 10.6 Å². The Balaban J connectivity index is 3.05. The van der Waals surface area contributed by atoms with Crippen LogP contribution in [0.1, 0.15) is 25.1 Å². The van der Waals surface area contributed by atoms with Crippen LogP contribution >= 0.6 is 0 Å². The van der Waals surface area contributed by atoms with Crippen LogP contribution in [-0.4, -0.2) is 16.9 Å². The van der Waals surface area contributed by atoms with Crippen LogP contribution in [0.2, 0.25) is 0 Å². The lowest BCUT2D eigenvalue weighted by Gasteiger charge is -2.16. The van der Waals surface area contributed by atoms with Gasteiger partial charge in [-0.05, 0) is 13.3 Å². The Kier molecular flexibility index (Phi) is 4.33. The summed E-state index contributed by atoms with van der Waals surface area (Å²) >= 11 is 0. The number of hydrogen-bond donors (Lipinski definition) is 2. The van der Waals surface area contributed by atoms with Gasteiger partial charge >= 0.3 is 0 Å². The fourth-order valence-corrected chi connectivity index (χ4v) is 1.56. The van der Waals surface area contributed by atoms with E-state index < -0.39 is 0 Å². The SMILES string of the molecule is C=CCC(NN)c1c(OC)cnn1CC. The summed E-state index contributed by atoms with van der Waals surface area (Å²) in [6, 6.07) is -0.0140. The van der Waals surface area contributed by atoms with Gasteiger partial charge in [0.15, 0.2) is 5.75 Å². The van der Waals surface area contributed by atoms with Crippen molar-refractivity contribution in [3.05, 3.63) is 24.5 Å². The Morgan fingerprint density at radius 1 is 1.80 bits per heavy atom. The molecule has 0 radical (unpaired) electrons. The van der Waals surface area contributed by atoms with Crippen LogP contribution in [0.3, 0.4) is 0 Å². The van der Waals surface area contributed by atoms with Gasteiger partial charge in [-0.15, -0.1) is 6.58 Å². The first kappa shape index (κ1) is 11.7. The van der Waals surface area contributed by atoms with Gasteiger partial charge in [0, 0.05) is 6.54 Å². The summed E-state index contributed by atoms with van der Waals surface area (Å²) in [5, 5.41) is 4.22. The van der Waals surface area contributed by atoms with Gasteiger partial charge in [0.05, 0.1) is 25.0 Å². The molecule has 0 saturated carbocycles. The van der Waals surface area contributed by atoms with Gasteiger partial charge in [-0.3, -0.25) is 16.0 Å². The molecule has 0 saturated heterocycles. The van der Waals surface area contributed by atoms with Gasteiger partial charge in [0.2, 0.25) is 0 Å². The molecule has 1 heterocycles. The maximum atomic E-state index is 5.50. The number of aromatic nitrogens is 2. The molecule has 84 valence electrons. The van der Waals surface area contributed by atoms with Crippen molar-refractivity contribution in [2.24, 2.45) is 5.84 Å². The van der Waals surface area contributed by atoms with Gasteiger partial charge in [-0.1, -0.05) is 6.08 Å². The van der Waals surface area contributed by atoms with Crippen LogP contribution in [0.25, 0.3) is 0 Å². The third-order valence-electron chi connectivity index (χ3n) is 2.30. The lowest BCUT2D eigenvalue weighted by molar-refractivity contribution is 0.392. The molecule has 3 N–H and O–H groups in total. The predicted octanol–water partition coefficient (Wildman–Crippen LogP) is 0.992. The summed E-state index contributed by atoms with van der Waals surface area (Å²) in [6.07, 6.45) is 4.25. The maximum absolute atomic E-state index is 5.50. The molecule has 5 nitrogen and oxygen atoms in total. The van der Waals surface area contributed by atoms with E-state index in [9.17, 15) is 0 Å². The molecule has 1 atom stereocenters. The molecule has 0 aliphatic carbocycles. The number of aryl methyl sites for hydroxylation is 1. The molecular formula is C10H18N4O. The highest BCUT2D eigenvalue weighted by molar-refractivity contribution is 5.28. The van der Waals surface area contributed by atoms with Crippen molar-refractivity contribution in [1.82, 2.24) is 15.2 Å². The van der Waals surface area contributed by atoms with E-state index in [1.54, 1.807) is 13.3 Å². The van der Waals surface area contributed by atoms with E-state index >= 15 is 0 Å². The van der Waals surface area contributed by atoms with Crippen LogP contribution in [-0.2, 0) is 6.54 Å². The molecule has 0 aromatic carbocycles. The minimum absolute atomic E-state index is 0.0140. The quantitative estimate of drug-likeness (QED) is 0.417. The summed E-state index contributed by atoms with van der Waals surface area (Å²) in [6.45, 7) is 6.51. The van der Waals surface area contributed by atoms with Gasteiger partial charge in [0.25, 0.3) is 0 Å². The van der Waals surface area contributed by atoms with Gasteiger partial charge in [-0.2, -0.15) is 5.10 Å². The number of hydrazine groups is 1. The Morgan fingerprint density at radius 2 is 2.53 bits per heavy atom. The zero-order valence-corrected chi connectivity index (χ0v) is 9.23. The second-order valence-electron chi connectivity index (χ2n) is 3.16. The van der Waals surface area contributed by atoms with Crippen LogP contribution < -0.4 is 16.0 Å². The summed E-state index contributed by atoms with van der Waals surface area (Å²) in [5.74, 6) is 6.25. The lowest BCUT2D eigenvalue weighted by atomic mass is 10.1. The van der Waals surface area contributed by atoms with Gasteiger partial charge in [-0.25, -0.2) is 0 Å². The van der Waals surface area contributed by atoms with Crippen molar-refractivity contribution in [1.29, 1.82) is 0 Å². The molecule has 0 aliphatic heterocycles. The average Bonchev–Trinajstić information content (AvgIpc) is 2.68. The number of rotatable bonds is 6. The topological polar surface area (TPSA) is 65.1 Å². The van der Waals surface area contributed by atoms with Crippen LogP contribution in [0, 0.1) is 0 Å². The number of hydrogen-bond acceptors (Lipinski definition) is 4. The van der Waals surface area contributed by atoms with E-state index in [1.165, 1.54) is 0 Å². The summed E-state index contributed by atoms with van der Waals surface area (Å²) in [5.41, 5.74) is 3.70. The van der Waals surface area contributed by atoms with E-state index in [0.29, 0.717) is 0 Å². The van der Waals surface area contributed by atoms with Crippen LogP contribution in [0.5, 0.6) is 5.75 Å². The molecule has 15 heavy (non-hydrogen) atoms. The molecule has 0 bridgehead atoms. The second-order valence-corrected chi connectivity index (χ2v) is 3.16. The third kappa shape index (κ3) is 2.37. The highest BCUT2D eigenvalue weighted by Gasteiger charge is 2.18. The molecule has 0 spiro atoms. The Hall–Kier alpha value is -1.33. The van der Waals surface area contributed by atoms with Crippen molar-refractivity contribution >= 4 is 0 Å². The van der Waals surface area contributed by atoms with Crippen molar-refractivity contribution in [3.8, 4) is 5.75 Å². The Bertz CT molecular complexity index is 300. The monoisotopic (exact) mass is 210 g/mol. The molecule has 1 aromatic heterocycles. The zero-order chi connectivity index (χ0) is 11.3. The normalized spacial score (nSPS) is 12.5. The fraction of sp³-hybridized carbons (Fsp3) is 0.500. The molecule has 1 rings (SSSR count). The zero-order valence-electron chi connectivity index (χ0n) is 9.23. The minimum Gasteiger partial charge on any atom is -0.493 e. The van der Waals surface area contributed by atoms with Crippen LogP contribution in [0.4, 0.5) is 0 Å². The summed E-state index contributed by atoms with van der Waals surface area (Å²) in [7, 11) is 1.63. The van der Waals surface area contributed by atoms with Crippen LogP contribution in [0.15, 0.2) is 18.9 Å². The number of ether oxygens (including phenoxy) is 1. The molecule has 5 heteroatoms. The molecule has 0 aliphatic rings. The van der Waals surface area contributed by atoms with Gasteiger partial charge < -0.3 is 4.74 Å². The lowest BCUT2D eigenvalue weighted by Crippen LogP contribution is -2.29. The fourth-order valence-electron chi connectivity index (χ4n) is 1.56. The van der Waals surface area contributed by atoms with E-state index in [2.05, 4.69) is 17.1 Å². The van der Waals surface area contributed by atoms with Gasteiger partial charge in [0.1, 0.15) is 0 Å². The first-order valence-corrected chi connectivity index (χ1v) is 4.95.